The zero-order valence-electron chi connectivity index (χ0n) is 13.1. The molecule has 1 saturated heterocycles. The van der Waals surface area contributed by atoms with Gasteiger partial charge in [-0.1, -0.05) is 20.3 Å². The van der Waals surface area contributed by atoms with E-state index in [1.165, 1.54) is 50.9 Å². The molecule has 1 fully saturated rings. The molecule has 1 aromatic rings. The van der Waals surface area contributed by atoms with Crippen LogP contribution in [-0.2, 0) is 6.54 Å². The van der Waals surface area contributed by atoms with Gasteiger partial charge in [0.05, 0.1) is 0 Å². The highest BCUT2D eigenvalue weighted by molar-refractivity contribution is 5.09. The average Bonchev–Trinajstić information content (AvgIpc) is 2.49. The van der Waals surface area contributed by atoms with E-state index >= 15 is 0 Å². The summed E-state index contributed by atoms with van der Waals surface area (Å²) in [7, 11) is 0. The minimum atomic E-state index is 0.531. The fourth-order valence-electron chi connectivity index (χ4n) is 3.47. The van der Waals surface area contributed by atoms with Crippen molar-refractivity contribution in [3.05, 3.63) is 30.1 Å². The Bertz CT molecular complexity index is 366. The molecule has 0 amide bonds. The molecule has 0 spiro atoms. The smallest absolute Gasteiger partial charge is 0.0271 e. The van der Waals surface area contributed by atoms with Crippen LogP contribution in [0.4, 0.5) is 0 Å². The summed E-state index contributed by atoms with van der Waals surface area (Å²) in [4.78, 5) is 6.72. The Morgan fingerprint density at radius 1 is 1.20 bits per heavy atom. The van der Waals surface area contributed by atoms with Crippen LogP contribution in [0.3, 0.4) is 0 Å². The van der Waals surface area contributed by atoms with Crippen LogP contribution in [-0.4, -0.2) is 36.1 Å². The molecule has 0 unspecified atom stereocenters. The molecule has 1 N–H and O–H groups in total. The van der Waals surface area contributed by atoms with E-state index in [4.69, 9.17) is 0 Å². The second-order valence-electron chi connectivity index (χ2n) is 6.16. The molecule has 0 atom stereocenters. The van der Waals surface area contributed by atoms with E-state index in [1.54, 1.807) is 0 Å². The van der Waals surface area contributed by atoms with Gasteiger partial charge in [0.15, 0.2) is 0 Å². The van der Waals surface area contributed by atoms with Crippen molar-refractivity contribution in [3.8, 4) is 0 Å². The standard InChI is InChI=1S/C17H29N3/c1-3-7-17(8-12-19-13-9-17)15-20(4-2)14-16-5-10-18-11-6-16/h5-6,10-11,19H,3-4,7-9,12-15H2,1-2H3. The predicted molar refractivity (Wildman–Crippen MR) is 84.6 cm³/mol. The van der Waals surface area contributed by atoms with Crippen LogP contribution < -0.4 is 5.32 Å². The first kappa shape index (κ1) is 15.5. The van der Waals surface area contributed by atoms with E-state index in [0.717, 1.165) is 13.1 Å². The van der Waals surface area contributed by atoms with Crippen molar-refractivity contribution in [2.24, 2.45) is 5.41 Å². The third kappa shape index (κ3) is 4.29. The summed E-state index contributed by atoms with van der Waals surface area (Å²) >= 11 is 0. The average molecular weight is 275 g/mol. The van der Waals surface area contributed by atoms with Crippen molar-refractivity contribution in [2.45, 2.75) is 46.1 Å². The number of nitrogens with zero attached hydrogens (tertiary/aromatic N) is 2. The summed E-state index contributed by atoms with van der Waals surface area (Å²) in [5.41, 5.74) is 1.91. The fourth-order valence-corrected chi connectivity index (χ4v) is 3.47. The summed E-state index contributed by atoms with van der Waals surface area (Å²) in [6.07, 6.45) is 9.11. The Kier molecular flexibility index (Phi) is 5.99. The van der Waals surface area contributed by atoms with Crippen LogP contribution in [0.2, 0.25) is 0 Å². The molecule has 0 bridgehead atoms. The van der Waals surface area contributed by atoms with E-state index in [1.807, 2.05) is 12.4 Å². The monoisotopic (exact) mass is 275 g/mol. The second-order valence-corrected chi connectivity index (χ2v) is 6.16. The number of rotatable bonds is 7. The molecule has 1 aliphatic heterocycles. The lowest BCUT2D eigenvalue weighted by molar-refractivity contribution is 0.0995. The number of pyridine rings is 1. The Morgan fingerprint density at radius 3 is 2.50 bits per heavy atom. The zero-order valence-corrected chi connectivity index (χ0v) is 13.1. The van der Waals surface area contributed by atoms with Gasteiger partial charge in [-0.25, -0.2) is 0 Å². The Hall–Kier alpha value is -0.930. The molecule has 0 radical (unpaired) electrons. The lowest BCUT2D eigenvalue weighted by Crippen LogP contribution is -2.44. The van der Waals surface area contributed by atoms with Gasteiger partial charge >= 0.3 is 0 Å². The third-order valence-electron chi connectivity index (χ3n) is 4.61. The maximum Gasteiger partial charge on any atom is 0.0271 e. The number of aromatic nitrogens is 1. The molecule has 3 heteroatoms. The maximum atomic E-state index is 4.11. The molecule has 0 aromatic carbocycles. The summed E-state index contributed by atoms with van der Waals surface area (Å²) < 4.78 is 0. The topological polar surface area (TPSA) is 28.2 Å². The van der Waals surface area contributed by atoms with Gasteiger partial charge in [0, 0.05) is 25.5 Å². The van der Waals surface area contributed by atoms with Crippen LogP contribution in [0.1, 0.15) is 45.1 Å². The summed E-state index contributed by atoms with van der Waals surface area (Å²) in [6, 6.07) is 4.27. The van der Waals surface area contributed by atoms with Crippen LogP contribution in [0.25, 0.3) is 0 Å². The SMILES string of the molecule is CCCC1(CN(CC)Cc2ccncc2)CCNCC1. The van der Waals surface area contributed by atoms with E-state index < -0.39 is 0 Å². The van der Waals surface area contributed by atoms with Crippen molar-refractivity contribution >= 4 is 0 Å². The highest BCUT2D eigenvalue weighted by atomic mass is 15.1. The molecule has 20 heavy (non-hydrogen) atoms. The lowest BCUT2D eigenvalue weighted by atomic mass is 9.75. The third-order valence-corrected chi connectivity index (χ3v) is 4.61. The summed E-state index contributed by atoms with van der Waals surface area (Å²) in [5.74, 6) is 0. The van der Waals surface area contributed by atoms with Crippen LogP contribution in [0, 0.1) is 5.41 Å². The van der Waals surface area contributed by atoms with Gasteiger partial charge in [-0.3, -0.25) is 9.88 Å². The molecule has 0 aliphatic carbocycles. The van der Waals surface area contributed by atoms with Gasteiger partial charge in [0.1, 0.15) is 0 Å². The lowest BCUT2D eigenvalue weighted by Gasteiger charge is -2.41. The molecule has 1 aliphatic rings. The number of nitrogens with one attached hydrogen (secondary N) is 1. The van der Waals surface area contributed by atoms with Crippen molar-refractivity contribution in [3.63, 3.8) is 0 Å². The molecule has 2 heterocycles. The first-order valence-corrected chi connectivity index (χ1v) is 8.10. The van der Waals surface area contributed by atoms with E-state index in [2.05, 4.69) is 41.2 Å². The largest absolute Gasteiger partial charge is 0.317 e. The minimum Gasteiger partial charge on any atom is -0.317 e. The van der Waals surface area contributed by atoms with Gasteiger partial charge in [0.2, 0.25) is 0 Å². The molecular weight excluding hydrogens is 246 g/mol. The first-order valence-electron chi connectivity index (χ1n) is 8.10. The first-order chi connectivity index (χ1) is 9.78. The zero-order chi connectivity index (χ0) is 14.3. The van der Waals surface area contributed by atoms with Crippen LogP contribution in [0.5, 0.6) is 0 Å². The normalized spacial score (nSPS) is 18.4. The van der Waals surface area contributed by atoms with Crippen molar-refractivity contribution in [2.75, 3.05) is 26.2 Å². The minimum absolute atomic E-state index is 0.531. The Morgan fingerprint density at radius 2 is 1.90 bits per heavy atom. The predicted octanol–water partition coefficient (Wildman–Crippen LogP) is 3.07. The molecular formula is C17H29N3. The van der Waals surface area contributed by atoms with Gasteiger partial charge < -0.3 is 5.32 Å². The second kappa shape index (κ2) is 7.75. The van der Waals surface area contributed by atoms with E-state index in [-0.39, 0.29) is 0 Å². The van der Waals surface area contributed by atoms with Gasteiger partial charge in [0.25, 0.3) is 0 Å². The molecule has 2 rings (SSSR count). The van der Waals surface area contributed by atoms with Crippen molar-refractivity contribution in [1.82, 2.24) is 15.2 Å². The highest BCUT2D eigenvalue weighted by Gasteiger charge is 2.32. The van der Waals surface area contributed by atoms with E-state index in [9.17, 15) is 0 Å². The maximum absolute atomic E-state index is 4.11. The van der Waals surface area contributed by atoms with E-state index in [0.29, 0.717) is 5.41 Å². The van der Waals surface area contributed by atoms with Crippen LogP contribution >= 0.6 is 0 Å². The number of piperidine rings is 1. The van der Waals surface area contributed by atoms with Gasteiger partial charge in [-0.05, 0) is 62.0 Å². The quantitative estimate of drug-likeness (QED) is 0.829. The van der Waals surface area contributed by atoms with Gasteiger partial charge in [-0.2, -0.15) is 0 Å². The molecule has 3 nitrogen and oxygen atoms in total. The Balaban J connectivity index is 1.99. The Labute approximate surface area is 123 Å². The number of hydrogen-bond acceptors (Lipinski definition) is 3. The molecule has 0 saturated carbocycles. The summed E-state index contributed by atoms with van der Waals surface area (Å²) in [6.45, 7) is 10.4. The van der Waals surface area contributed by atoms with Gasteiger partial charge in [-0.15, -0.1) is 0 Å². The van der Waals surface area contributed by atoms with Crippen molar-refractivity contribution < 1.29 is 0 Å². The fraction of sp³-hybridized carbons (Fsp3) is 0.706. The highest BCUT2D eigenvalue weighted by Crippen LogP contribution is 2.35. The van der Waals surface area contributed by atoms with Crippen LogP contribution in [0.15, 0.2) is 24.5 Å². The molecule has 112 valence electrons. The summed E-state index contributed by atoms with van der Waals surface area (Å²) in [5, 5.41) is 3.51. The number of hydrogen-bond donors (Lipinski definition) is 1. The molecule has 1 aromatic heterocycles. The van der Waals surface area contributed by atoms with Crippen molar-refractivity contribution in [1.29, 1.82) is 0 Å².